The number of methoxy groups -OCH3 is 1. The Morgan fingerprint density at radius 1 is 1.24 bits per heavy atom. The van der Waals surface area contributed by atoms with Crippen LogP contribution in [0.4, 0.5) is 0 Å². The fourth-order valence-electron chi connectivity index (χ4n) is 2.20. The van der Waals surface area contributed by atoms with Gasteiger partial charge in [0.25, 0.3) is 0 Å². The fraction of sp³-hybridized carbons (Fsp3) is 0.579. The normalized spacial score (nSPS) is 11.8. The first-order chi connectivity index (χ1) is 11.7. The minimum atomic E-state index is -0.497. The molecule has 6 heteroatoms. The molecule has 0 aliphatic heterocycles. The van der Waals surface area contributed by atoms with Gasteiger partial charge in [-0.3, -0.25) is 4.79 Å². The van der Waals surface area contributed by atoms with Crippen molar-refractivity contribution < 1.29 is 14.3 Å². The Kier molecular flexibility index (Phi) is 8.25. The van der Waals surface area contributed by atoms with Gasteiger partial charge in [0.1, 0.15) is 17.9 Å². The van der Waals surface area contributed by atoms with Gasteiger partial charge in [-0.25, -0.2) is 4.99 Å². The zero-order chi connectivity index (χ0) is 18.9. The first-order valence-corrected chi connectivity index (χ1v) is 8.62. The van der Waals surface area contributed by atoms with Gasteiger partial charge in [0.2, 0.25) is 0 Å². The van der Waals surface area contributed by atoms with Gasteiger partial charge >= 0.3 is 5.97 Å². The first kappa shape index (κ1) is 20.8. The van der Waals surface area contributed by atoms with Crippen LogP contribution in [0, 0.1) is 6.92 Å². The molecule has 25 heavy (non-hydrogen) atoms. The molecule has 0 spiro atoms. The second-order valence-electron chi connectivity index (χ2n) is 6.76. The Bertz CT molecular complexity index is 592. The largest absolute Gasteiger partial charge is 0.496 e. The highest BCUT2D eigenvalue weighted by atomic mass is 16.6. The van der Waals surface area contributed by atoms with E-state index in [4.69, 9.17) is 9.47 Å². The molecule has 2 N–H and O–H groups in total. The Hall–Kier alpha value is -2.24. The molecule has 0 aliphatic carbocycles. The number of carbonyl (C=O) groups is 1. The topological polar surface area (TPSA) is 72.0 Å². The van der Waals surface area contributed by atoms with E-state index in [0.29, 0.717) is 12.5 Å². The summed E-state index contributed by atoms with van der Waals surface area (Å²) >= 11 is 0. The lowest BCUT2D eigenvalue weighted by Gasteiger charge is -2.19. The SMILES string of the molecule is CCNC(=NCC(=O)OC(C)(C)C)NCCc1ccc(C)c(OC)c1. The van der Waals surface area contributed by atoms with Crippen LogP contribution in [0.5, 0.6) is 5.75 Å². The third-order valence-corrected chi connectivity index (χ3v) is 3.31. The molecular weight excluding hydrogens is 318 g/mol. The molecule has 1 aromatic rings. The van der Waals surface area contributed by atoms with Gasteiger partial charge in [-0.2, -0.15) is 0 Å². The van der Waals surface area contributed by atoms with Crippen molar-refractivity contribution in [3.05, 3.63) is 29.3 Å². The number of rotatable bonds is 7. The molecule has 0 aliphatic rings. The number of hydrogen-bond acceptors (Lipinski definition) is 4. The zero-order valence-corrected chi connectivity index (χ0v) is 16.2. The highest BCUT2D eigenvalue weighted by Crippen LogP contribution is 2.18. The van der Waals surface area contributed by atoms with E-state index < -0.39 is 5.60 Å². The number of esters is 1. The summed E-state index contributed by atoms with van der Waals surface area (Å²) in [6, 6.07) is 6.18. The van der Waals surface area contributed by atoms with Crippen molar-refractivity contribution in [2.45, 2.75) is 46.6 Å². The summed E-state index contributed by atoms with van der Waals surface area (Å²) in [7, 11) is 1.68. The van der Waals surface area contributed by atoms with Gasteiger partial charge in [-0.1, -0.05) is 12.1 Å². The fourth-order valence-corrected chi connectivity index (χ4v) is 2.20. The molecule has 0 saturated heterocycles. The first-order valence-electron chi connectivity index (χ1n) is 8.62. The smallest absolute Gasteiger partial charge is 0.328 e. The number of ether oxygens (including phenoxy) is 2. The molecule has 1 aromatic carbocycles. The van der Waals surface area contributed by atoms with E-state index in [1.165, 1.54) is 5.56 Å². The minimum Gasteiger partial charge on any atom is -0.496 e. The Balaban J connectivity index is 2.55. The summed E-state index contributed by atoms with van der Waals surface area (Å²) in [6.07, 6.45) is 0.827. The van der Waals surface area contributed by atoms with Gasteiger partial charge in [-0.05, 0) is 58.2 Å². The third kappa shape index (κ3) is 8.42. The molecule has 0 bridgehead atoms. The summed E-state index contributed by atoms with van der Waals surface area (Å²) in [5.74, 6) is 1.16. The lowest BCUT2D eigenvalue weighted by molar-refractivity contribution is -0.152. The Labute approximate surface area is 151 Å². The van der Waals surface area contributed by atoms with E-state index in [2.05, 4.69) is 27.8 Å². The molecule has 0 amide bonds. The van der Waals surface area contributed by atoms with Gasteiger partial charge in [0, 0.05) is 13.1 Å². The van der Waals surface area contributed by atoms with E-state index in [1.807, 2.05) is 40.7 Å². The number of carbonyl (C=O) groups excluding carboxylic acids is 1. The lowest BCUT2D eigenvalue weighted by atomic mass is 10.1. The van der Waals surface area contributed by atoms with Gasteiger partial charge < -0.3 is 20.1 Å². The molecule has 0 radical (unpaired) electrons. The zero-order valence-electron chi connectivity index (χ0n) is 16.2. The van der Waals surface area contributed by atoms with E-state index in [9.17, 15) is 4.79 Å². The van der Waals surface area contributed by atoms with Crippen LogP contribution in [0.2, 0.25) is 0 Å². The van der Waals surface area contributed by atoms with Crippen LogP contribution in [0.3, 0.4) is 0 Å². The van der Waals surface area contributed by atoms with Crippen LogP contribution in [-0.2, 0) is 16.0 Å². The van der Waals surface area contributed by atoms with E-state index in [1.54, 1.807) is 7.11 Å². The maximum absolute atomic E-state index is 11.8. The molecule has 0 heterocycles. The van der Waals surface area contributed by atoms with Gasteiger partial charge in [0.05, 0.1) is 7.11 Å². The molecule has 140 valence electrons. The third-order valence-electron chi connectivity index (χ3n) is 3.31. The van der Waals surface area contributed by atoms with Crippen molar-refractivity contribution >= 4 is 11.9 Å². The molecule has 0 fully saturated rings. The summed E-state index contributed by atoms with van der Waals surface area (Å²) < 4.78 is 10.6. The molecule has 0 atom stereocenters. The van der Waals surface area contributed by atoms with Crippen LogP contribution >= 0.6 is 0 Å². The van der Waals surface area contributed by atoms with Crippen LogP contribution < -0.4 is 15.4 Å². The van der Waals surface area contributed by atoms with Crippen molar-refractivity contribution in [3.63, 3.8) is 0 Å². The monoisotopic (exact) mass is 349 g/mol. The summed E-state index contributed by atoms with van der Waals surface area (Å²) in [5, 5.41) is 6.35. The highest BCUT2D eigenvalue weighted by Gasteiger charge is 2.15. The van der Waals surface area contributed by atoms with E-state index in [0.717, 1.165) is 24.3 Å². The van der Waals surface area contributed by atoms with E-state index >= 15 is 0 Å². The van der Waals surface area contributed by atoms with Crippen molar-refractivity contribution in [2.75, 3.05) is 26.7 Å². The molecule has 0 aromatic heterocycles. The highest BCUT2D eigenvalue weighted by molar-refractivity contribution is 5.83. The Morgan fingerprint density at radius 2 is 1.96 bits per heavy atom. The van der Waals surface area contributed by atoms with E-state index in [-0.39, 0.29) is 12.5 Å². The van der Waals surface area contributed by atoms with Crippen molar-refractivity contribution in [1.29, 1.82) is 0 Å². The number of benzene rings is 1. The van der Waals surface area contributed by atoms with Gasteiger partial charge in [-0.15, -0.1) is 0 Å². The molecule has 6 nitrogen and oxygen atoms in total. The second kappa shape index (κ2) is 9.91. The average Bonchev–Trinajstić information content (AvgIpc) is 2.52. The molecule has 0 unspecified atom stereocenters. The van der Waals surface area contributed by atoms with Gasteiger partial charge in [0.15, 0.2) is 5.96 Å². The molecule has 1 rings (SSSR count). The van der Waals surface area contributed by atoms with Crippen LogP contribution in [0.1, 0.15) is 38.8 Å². The minimum absolute atomic E-state index is 0.00897. The summed E-state index contributed by atoms with van der Waals surface area (Å²) in [6.45, 7) is 10.9. The number of nitrogens with zero attached hydrogens (tertiary/aromatic N) is 1. The standard InChI is InChI=1S/C19H31N3O3/c1-7-20-18(22-13-17(23)25-19(3,4)5)21-11-10-15-9-8-14(2)16(12-15)24-6/h8-9,12H,7,10-11,13H2,1-6H3,(H2,20,21,22). The predicted octanol–water partition coefficient (Wildman–Crippen LogP) is 2.44. The summed E-state index contributed by atoms with van der Waals surface area (Å²) in [5.41, 5.74) is 1.80. The molecule has 0 saturated carbocycles. The van der Waals surface area contributed by atoms with Crippen molar-refractivity contribution in [3.8, 4) is 5.75 Å². The Morgan fingerprint density at radius 3 is 2.56 bits per heavy atom. The number of aryl methyl sites for hydroxylation is 1. The van der Waals surface area contributed by atoms with Crippen LogP contribution in [0.15, 0.2) is 23.2 Å². The maximum atomic E-state index is 11.8. The molecular formula is C19H31N3O3. The average molecular weight is 349 g/mol. The van der Waals surface area contributed by atoms with Crippen molar-refractivity contribution in [1.82, 2.24) is 10.6 Å². The number of hydrogen-bond donors (Lipinski definition) is 2. The second-order valence-corrected chi connectivity index (χ2v) is 6.76. The summed E-state index contributed by atoms with van der Waals surface area (Å²) in [4.78, 5) is 16.0. The lowest BCUT2D eigenvalue weighted by Crippen LogP contribution is -2.39. The number of aliphatic imine (C=N–C) groups is 1. The van der Waals surface area contributed by atoms with Crippen molar-refractivity contribution in [2.24, 2.45) is 4.99 Å². The quantitative estimate of drug-likeness (QED) is 0.449. The predicted molar refractivity (Wildman–Crippen MR) is 101 cm³/mol. The van der Waals surface area contributed by atoms with Crippen LogP contribution in [0.25, 0.3) is 0 Å². The number of nitrogens with one attached hydrogen (secondary N) is 2. The van der Waals surface area contributed by atoms with Crippen LogP contribution in [-0.4, -0.2) is 44.3 Å². The maximum Gasteiger partial charge on any atom is 0.328 e. The number of guanidine groups is 1.